The van der Waals surface area contributed by atoms with Gasteiger partial charge < -0.3 is 20.4 Å². The SMILES string of the molecule is NC(=O)O.Oc1cc2ccccc2o1. The first kappa shape index (κ1) is 9.91. The zero-order chi connectivity index (χ0) is 10.6. The lowest BCUT2D eigenvalue weighted by Crippen LogP contribution is -2.03. The summed E-state index contributed by atoms with van der Waals surface area (Å²) in [6, 6.07) is 9.06. The van der Waals surface area contributed by atoms with E-state index < -0.39 is 6.09 Å². The van der Waals surface area contributed by atoms with Crippen LogP contribution in [0.1, 0.15) is 0 Å². The number of furan rings is 1. The molecule has 0 aliphatic carbocycles. The predicted octanol–water partition coefficient (Wildman–Crippen LogP) is 1.76. The van der Waals surface area contributed by atoms with Crippen molar-refractivity contribution in [3.63, 3.8) is 0 Å². The van der Waals surface area contributed by atoms with Crippen LogP contribution < -0.4 is 5.73 Å². The molecular weight excluding hydrogens is 186 g/mol. The summed E-state index contributed by atoms with van der Waals surface area (Å²) in [6.45, 7) is 0. The molecule has 0 radical (unpaired) electrons. The smallest absolute Gasteiger partial charge is 0.402 e. The molecule has 0 aliphatic heterocycles. The van der Waals surface area contributed by atoms with Crippen LogP contribution in [-0.4, -0.2) is 16.3 Å². The number of hydrogen-bond donors (Lipinski definition) is 3. The number of carboxylic acid groups (broad SMARTS) is 1. The molecule has 0 aliphatic rings. The van der Waals surface area contributed by atoms with Gasteiger partial charge in [-0.3, -0.25) is 0 Å². The first-order valence-electron chi connectivity index (χ1n) is 3.75. The summed E-state index contributed by atoms with van der Waals surface area (Å²) >= 11 is 0. The number of benzene rings is 1. The van der Waals surface area contributed by atoms with E-state index in [2.05, 4.69) is 5.73 Å². The van der Waals surface area contributed by atoms with Gasteiger partial charge in [-0.1, -0.05) is 18.2 Å². The number of rotatable bonds is 0. The van der Waals surface area contributed by atoms with E-state index in [0.717, 1.165) is 11.0 Å². The number of nitrogens with two attached hydrogens (primary N) is 1. The van der Waals surface area contributed by atoms with E-state index in [0.29, 0.717) is 0 Å². The summed E-state index contributed by atoms with van der Waals surface area (Å²) < 4.78 is 4.92. The van der Waals surface area contributed by atoms with Crippen molar-refractivity contribution >= 4 is 17.1 Å². The van der Waals surface area contributed by atoms with Crippen LogP contribution in [-0.2, 0) is 0 Å². The highest BCUT2D eigenvalue weighted by Crippen LogP contribution is 2.22. The van der Waals surface area contributed by atoms with E-state index >= 15 is 0 Å². The fourth-order valence-electron chi connectivity index (χ4n) is 0.968. The van der Waals surface area contributed by atoms with Crippen LogP contribution in [0.2, 0.25) is 0 Å². The summed E-state index contributed by atoms with van der Waals surface area (Å²) in [4.78, 5) is 8.78. The van der Waals surface area contributed by atoms with Crippen molar-refractivity contribution in [2.45, 2.75) is 0 Å². The Bertz CT molecular complexity index is 398. The van der Waals surface area contributed by atoms with Crippen molar-refractivity contribution in [1.29, 1.82) is 0 Å². The number of fused-ring (bicyclic) bond motifs is 1. The first-order valence-corrected chi connectivity index (χ1v) is 3.75. The Morgan fingerprint density at radius 3 is 2.50 bits per heavy atom. The summed E-state index contributed by atoms with van der Waals surface area (Å²) in [5, 5.41) is 17.0. The molecule has 0 spiro atoms. The van der Waals surface area contributed by atoms with Crippen molar-refractivity contribution in [3.8, 4) is 5.95 Å². The molecule has 0 saturated carbocycles. The molecule has 0 saturated heterocycles. The number of amides is 1. The monoisotopic (exact) mass is 195 g/mol. The molecule has 74 valence electrons. The lowest BCUT2D eigenvalue weighted by atomic mass is 10.3. The maximum Gasteiger partial charge on any atom is 0.402 e. The van der Waals surface area contributed by atoms with Gasteiger partial charge in [-0.25, -0.2) is 4.79 Å². The lowest BCUT2D eigenvalue weighted by molar-refractivity contribution is 0.205. The molecule has 0 fully saturated rings. The Kier molecular flexibility index (Phi) is 2.96. The number of para-hydroxylation sites is 1. The molecule has 0 atom stereocenters. The average Bonchev–Trinajstić information content (AvgIpc) is 2.42. The van der Waals surface area contributed by atoms with E-state index in [-0.39, 0.29) is 5.95 Å². The number of aromatic hydroxyl groups is 1. The van der Waals surface area contributed by atoms with Gasteiger partial charge in [-0.05, 0) is 6.07 Å². The molecule has 14 heavy (non-hydrogen) atoms. The molecular formula is C9H9NO4. The standard InChI is InChI=1S/C8H6O2.CH3NO2/c9-8-5-6-3-1-2-4-7(6)10-8;2-1(3)4/h1-5,9H;2H2,(H,3,4). The van der Waals surface area contributed by atoms with Gasteiger partial charge in [0.2, 0.25) is 0 Å². The largest absolute Gasteiger partial charge is 0.481 e. The van der Waals surface area contributed by atoms with Gasteiger partial charge in [0.1, 0.15) is 5.58 Å². The summed E-state index contributed by atoms with van der Waals surface area (Å²) in [7, 11) is 0. The maximum absolute atomic E-state index is 8.89. The van der Waals surface area contributed by atoms with E-state index in [4.69, 9.17) is 19.4 Å². The minimum Gasteiger partial charge on any atom is -0.481 e. The second kappa shape index (κ2) is 4.18. The minimum atomic E-state index is -1.33. The highest BCUT2D eigenvalue weighted by atomic mass is 16.5. The fraction of sp³-hybridized carbons (Fsp3) is 0. The molecule has 2 rings (SSSR count). The van der Waals surface area contributed by atoms with E-state index in [9.17, 15) is 0 Å². The zero-order valence-electron chi connectivity index (χ0n) is 7.18. The van der Waals surface area contributed by atoms with Gasteiger partial charge in [0.05, 0.1) is 0 Å². The van der Waals surface area contributed by atoms with Crippen molar-refractivity contribution in [3.05, 3.63) is 30.3 Å². The summed E-state index contributed by atoms with van der Waals surface area (Å²) in [6.07, 6.45) is -1.33. The Labute approximate surface area is 79.4 Å². The van der Waals surface area contributed by atoms with E-state index in [1.54, 1.807) is 6.07 Å². The van der Waals surface area contributed by atoms with Gasteiger partial charge in [0, 0.05) is 11.5 Å². The molecule has 1 aromatic carbocycles. The van der Waals surface area contributed by atoms with Crippen molar-refractivity contribution in [1.82, 2.24) is 0 Å². The van der Waals surface area contributed by atoms with Crippen LogP contribution in [0.15, 0.2) is 34.7 Å². The normalized spacial score (nSPS) is 9.14. The first-order chi connectivity index (χ1) is 6.59. The van der Waals surface area contributed by atoms with Crippen molar-refractivity contribution < 1.29 is 19.4 Å². The third kappa shape index (κ3) is 2.71. The average molecular weight is 195 g/mol. The van der Waals surface area contributed by atoms with Gasteiger partial charge in [0.25, 0.3) is 5.95 Å². The van der Waals surface area contributed by atoms with Gasteiger partial charge in [-0.2, -0.15) is 0 Å². The second-order valence-electron chi connectivity index (χ2n) is 2.46. The van der Waals surface area contributed by atoms with Crippen LogP contribution in [0.3, 0.4) is 0 Å². The number of primary amides is 1. The Morgan fingerprint density at radius 1 is 1.36 bits per heavy atom. The van der Waals surface area contributed by atoms with Crippen LogP contribution in [0.4, 0.5) is 4.79 Å². The van der Waals surface area contributed by atoms with Gasteiger partial charge in [0.15, 0.2) is 0 Å². The van der Waals surface area contributed by atoms with E-state index in [1.807, 2.05) is 24.3 Å². The zero-order valence-corrected chi connectivity index (χ0v) is 7.18. The van der Waals surface area contributed by atoms with Crippen molar-refractivity contribution in [2.24, 2.45) is 5.73 Å². The third-order valence-electron chi connectivity index (χ3n) is 1.41. The second-order valence-corrected chi connectivity index (χ2v) is 2.46. The molecule has 4 N–H and O–H groups in total. The Hall–Kier alpha value is -2.17. The highest BCUT2D eigenvalue weighted by molar-refractivity contribution is 5.78. The molecule has 5 nitrogen and oxygen atoms in total. The highest BCUT2D eigenvalue weighted by Gasteiger charge is 1.97. The van der Waals surface area contributed by atoms with Crippen LogP contribution in [0.5, 0.6) is 5.95 Å². The van der Waals surface area contributed by atoms with Crippen molar-refractivity contribution in [2.75, 3.05) is 0 Å². The van der Waals surface area contributed by atoms with Crippen LogP contribution in [0.25, 0.3) is 11.0 Å². The van der Waals surface area contributed by atoms with Crippen LogP contribution in [0, 0.1) is 0 Å². The molecule has 1 heterocycles. The Morgan fingerprint density at radius 2 is 1.93 bits per heavy atom. The molecule has 1 aromatic heterocycles. The third-order valence-corrected chi connectivity index (χ3v) is 1.41. The van der Waals surface area contributed by atoms with Gasteiger partial charge >= 0.3 is 6.09 Å². The molecule has 2 aromatic rings. The molecule has 0 unspecified atom stereocenters. The number of carbonyl (C=O) groups is 1. The van der Waals surface area contributed by atoms with Gasteiger partial charge in [-0.15, -0.1) is 0 Å². The minimum absolute atomic E-state index is 0.0267. The predicted molar refractivity (Wildman–Crippen MR) is 50.1 cm³/mol. The fourth-order valence-corrected chi connectivity index (χ4v) is 0.968. The summed E-state index contributed by atoms with van der Waals surface area (Å²) in [5.41, 5.74) is 4.75. The lowest BCUT2D eigenvalue weighted by Gasteiger charge is -1.81. The topological polar surface area (TPSA) is 96.7 Å². The van der Waals surface area contributed by atoms with Crippen LogP contribution >= 0.6 is 0 Å². The quantitative estimate of drug-likeness (QED) is 0.596. The molecule has 5 heteroatoms. The van der Waals surface area contributed by atoms with E-state index in [1.165, 1.54) is 0 Å². The molecule has 1 amide bonds. The number of hydrogen-bond acceptors (Lipinski definition) is 3. The molecule has 0 bridgehead atoms. The Balaban J connectivity index is 0.000000213. The summed E-state index contributed by atoms with van der Waals surface area (Å²) in [5.74, 6) is -0.0267. The maximum atomic E-state index is 8.89.